The van der Waals surface area contributed by atoms with E-state index in [1.807, 2.05) is 51.1 Å². The molecule has 0 spiro atoms. The van der Waals surface area contributed by atoms with E-state index in [-0.39, 0.29) is 17.4 Å². The average molecular weight is 258 g/mol. The second-order valence-electron chi connectivity index (χ2n) is 5.02. The third-order valence-corrected chi connectivity index (χ3v) is 3.32. The van der Waals surface area contributed by atoms with Gasteiger partial charge in [0, 0.05) is 17.2 Å². The molecule has 0 amide bonds. The van der Waals surface area contributed by atoms with Crippen LogP contribution in [-0.4, -0.2) is 9.97 Å². The lowest BCUT2D eigenvalue weighted by atomic mass is 9.91. The van der Waals surface area contributed by atoms with Gasteiger partial charge in [-0.05, 0) is 11.5 Å². The van der Waals surface area contributed by atoms with Gasteiger partial charge in [0.1, 0.15) is 0 Å². The van der Waals surface area contributed by atoms with Crippen LogP contribution in [0.2, 0.25) is 0 Å². The molecule has 1 unspecified atom stereocenters. The number of rotatable bonds is 3. The van der Waals surface area contributed by atoms with Gasteiger partial charge in [-0.25, -0.2) is 4.79 Å². The molecule has 0 saturated heterocycles. The number of H-pyrrole nitrogens is 2. The third-order valence-electron chi connectivity index (χ3n) is 3.32. The molecule has 4 heteroatoms. The number of hydrogen-bond donors (Lipinski definition) is 2. The largest absolute Gasteiger partial charge is 0.325 e. The number of benzene rings is 1. The summed E-state index contributed by atoms with van der Waals surface area (Å²) in [4.78, 5) is 28.6. The zero-order chi connectivity index (χ0) is 14.0. The van der Waals surface area contributed by atoms with Crippen LogP contribution in [0, 0.1) is 0 Å². The van der Waals surface area contributed by atoms with Gasteiger partial charge in [0.25, 0.3) is 5.56 Å². The van der Waals surface area contributed by atoms with E-state index in [4.69, 9.17) is 0 Å². The van der Waals surface area contributed by atoms with E-state index < -0.39 is 5.69 Å². The molecule has 2 rings (SSSR count). The number of hydrogen-bond acceptors (Lipinski definition) is 2. The van der Waals surface area contributed by atoms with Gasteiger partial charge < -0.3 is 4.98 Å². The van der Waals surface area contributed by atoms with Gasteiger partial charge in [-0.3, -0.25) is 9.78 Å². The molecule has 0 saturated carbocycles. The standard InChI is InChI=1S/C15H18N2O2/c1-9(2)12-13(16-15(19)17-14(12)18)10(3)11-7-5-4-6-8-11/h4-10H,1-3H3,(H2,16,17,18,19). The fraction of sp³-hybridized carbons (Fsp3) is 0.333. The highest BCUT2D eigenvalue weighted by Crippen LogP contribution is 2.26. The molecule has 2 aromatic rings. The smallest absolute Gasteiger partial charge is 0.310 e. The summed E-state index contributed by atoms with van der Waals surface area (Å²) in [6.07, 6.45) is 0. The van der Waals surface area contributed by atoms with Crippen molar-refractivity contribution < 1.29 is 0 Å². The van der Waals surface area contributed by atoms with Crippen LogP contribution in [0.1, 0.15) is 49.4 Å². The van der Waals surface area contributed by atoms with E-state index in [2.05, 4.69) is 9.97 Å². The fourth-order valence-electron chi connectivity index (χ4n) is 2.34. The summed E-state index contributed by atoms with van der Waals surface area (Å²) in [6.45, 7) is 5.89. The zero-order valence-electron chi connectivity index (χ0n) is 11.4. The Morgan fingerprint density at radius 2 is 1.58 bits per heavy atom. The molecule has 19 heavy (non-hydrogen) atoms. The summed E-state index contributed by atoms with van der Waals surface area (Å²) < 4.78 is 0. The van der Waals surface area contributed by atoms with Crippen molar-refractivity contribution in [2.24, 2.45) is 0 Å². The van der Waals surface area contributed by atoms with Gasteiger partial charge in [-0.1, -0.05) is 51.1 Å². The maximum atomic E-state index is 12.0. The van der Waals surface area contributed by atoms with E-state index in [9.17, 15) is 9.59 Å². The number of nitrogens with one attached hydrogen (secondary N) is 2. The van der Waals surface area contributed by atoms with Crippen LogP contribution in [0.3, 0.4) is 0 Å². The average Bonchev–Trinajstić information content (AvgIpc) is 2.37. The van der Waals surface area contributed by atoms with Gasteiger partial charge in [-0.15, -0.1) is 0 Å². The van der Waals surface area contributed by atoms with Crippen molar-refractivity contribution in [2.45, 2.75) is 32.6 Å². The minimum absolute atomic E-state index is 0.0198. The van der Waals surface area contributed by atoms with Crippen molar-refractivity contribution in [3.63, 3.8) is 0 Å². The van der Waals surface area contributed by atoms with Gasteiger partial charge >= 0.3 is 5.69 Å². The highest BCUT2D eigenvalue weighted by Gasteiger charge is 2.19. The minimum atomic E-state index is -0.452. The second-order valence-corrected chi connectivity index (χ2v) is 5.02. The Kier molecular flexibility index (Phi) is 3.69. The van der Waals surface area contributed by atoms with Gasteiger partial charge in [0.05, 0.1) is 0 Å². The Bertz CT molecular complexity index is 669. The summed E-state index contributed by atoms with van der Waals surface area (Å²) in [6, 6.07) is 9.83. The summed E-state index contributed by atoms with van der Waals surface area (Å²) in [5, 5.41) is 0. The molecular weight excluding hydrogens is 240 g/mol. The van der Waals surface area contributed by atoms with Crippen LogP contribution in [0.4, 0.5) is 0 Å². The van der Waals surface area contributed by atoms with E-state index in [0.717, 1.165) is 5.56 Å². The minimum Gasteiger partial charge on any atom is -0.310 e. The van der Waals surface area contributed by atoms with Crippen LogP contribution >= 0.6 is 0 Å². The Morgan fingerprint density at radius 3 is 2.16 bits per heavy atom. The van der Waals surface area contributed by atoms with Crippen molar-refractivity contribution >= 4 is 0 Å². The van der Waals surface area contributed by atoms with E-state index in [1.54, 1.807) is 0 Å². The molecule has 2 N–H and O–H groups in total. The SMILES string of the molecule is CC(C)c1c(C(C)c2ccccc2)[nH]c(=O)[nH]c1=O. The zero-order valence-corrected chi connectivity index (χ0v) is 11.4. The molecule has 1 heterocycles. The molecule has 1 aromatic heterocycles. The van der Waals surface area contributed by atoms with Crippen molar-refractivity contribution in [1.82, 2.24) is 9.97 Å². The number of aromatic amines is 2. The number of aromatic nitrogens is 2. The molecule has 0 bridgehead atoms. The molecule has 100 valence electrons. The first-order valence-electron chi connectivity index (χ1n) is 6.42. The van der Waals surface area contributed by atoms with Gasteiger partial charge in [0.2, 0.25) is 0 Å². The molecule has 0 aliphatic carbocycles. The maximum Gasteiger partial charge on any atom is 0.325 e. The van der Waals surface area contributed by atoms with Crippen molar-refractivity contribution in [2.75, 3.05) is 0 Å². The fourth-order valence-corrected chi connectivity index (χ4v) is 2.34. The lowest BCUT2D eigenvalue weighted by Gasteiger charge is -2.17. The van der Waals surface area contributed by atoms with Crippen LogP contribution in [-0.2, 0) is 0 Å². The summed E-state index contributed by atoms with van der Waals surface area (Å²) >= 11 is 0. The first kappa shape index (κ1) is 13.3. The molecular formula is C15H18N2O2. The predicted octanol–water partition coefficient (Wildman–Crippen LogP) is 2.34. The molecule has 0 radical (unpaired) electrons. The molecule has 1 aromatic carbocycles. The quantitative estimate of drug-likeness (QED) is 0.887. The first-order chi connectivity index (χ1) is 9.00. The van der Waals surface area contributed by atoms with E-state index in [0.29, 0.717) is 11.3 Å². The highest BCUT2D eigenvalue weighted by atomic mass is 16.2. The van der Waals surface area contributed by atoms with Crippen LogP contribution in [0.25, 0.3) is 0 Å². The molecule has 0 fully saturated rings. The monoisotopic (exact) mass is 258 g/mol. The normalized spacial score (nSPS) is 12.6. The first-order valence-corrected chi connectivity index (χ1v) is 6.42. The predicted molar refractivity (Wildman–Crippen MR) is 75.7 cm³/mol. The van der Waals surface area contributed by atoms with Crippen LogP contribution < -0.4 is 11.2 Å². The van der Waals surface area contributed by atoms with Gasteiger partial charge in [0.15, 0.2) is 0 Å². The Balaban J connectivity index is 2.62. The Labute approximate surface area is 111 Å². The lowest BCUT2D eigenvalue weighted by molar-refractivity contribution is 0.745. The Hall–Kier alpha value is -2.10. The third kappa shape index (κ3) is 2.67. The van der Waals surface area contributed by atoms with Crippen molar-refractivity contribution in [1.29, 1.82) is 0 Å². The van der Waals surface area contributed by atoms with Gasteiger partial charge in [-0.2, -0.15) is 0 Å². The van der Waals surface area contributed by atoms with Crippen molar-refractivity contribution in [3.05, 3.63) is 68.0 Å². The molecule has 0 aliphatic heterocycles. The second kappa shape index (κ2) is 5.26. The summed E-state index contributed by atoms with van der Waals surface area (Å²) in [5.74, 6) is 0.0374. The topological polar surface area (TPSA) is 65.7 Å². The molecule has 0 aliphatic rings. The summed E-state index contributed by atoms with van der Waals surface area (Å²) in [7, 11) is 0. The Morgan fingerprint density at radius 1 is 0.947 bits per heavy atom. The summed E-state index contributed by atoms with van der Waals surface area (Å²) in [5.41, 5.74) is 1.68. The van der Waals surface area contributed by atoms with E-state index in [1.165, 1.54) is 0 Å². The van der Waals surface area contributed by atoms with Crippen LogP contribution in [0.15, 0.2) is 39.9 Å². The van der Waals surface area contributed by atoms with E-state index >= 15 is 0 Å². The van der Waals surface area contributed by atoms with Crippen LogP contribution in [0.5, 0.6) is 0 Å². The molecule has 1 atom stereocenters. The molecule has 4 nitrogen and oxygen atoms in total. The highest BCUT2D eigenvalue weighted by molar-refractivity contribution is 5.32. The lowest BCUT2D eigenvalue weighted by Crippen LogP contribution is -2.29. The maximum absolute atomic E-state index is 12.0. The van der Waals surface area contributed by atoms with Crippen molar-refractivity contribution in [3.8, 4) is 0 Å².